The van der Waals surface area contributed by atoms with E-state index in [0.29, 0.717) is 5.56 Å². The Morgan fingerprint density at radius 1 is 1.53 bits per heavy atom. The first kappa shape index (κ1) is 11.9. The highest BCUT2D eigenvalue weighted by Gasteiger charge is 2.32. The number of nitrogens with two attached hydrogens (primary N) is 1. The Morgan fingerprint density at radius 2 is 2.24 bits per heavy atom. The first-order valence-electron chi connectivity index (χ1n) is 5.72. The highest BCUT2D eigenvalue weighted by Crippen LogP contribution is 2.27. The number of amides is 1. The second-order valence-corrected chi connectivity index (χ2v) is 5.05. The van der Waals surface area contributed by atoms with Crippen LogP contribution in [0, 0.1) is 12.3 Å². The molecule has 1 saturated heterocycles. The number of ether oxygens (including phenoxy) is 1. The molecule has 0 atom stereocenters. The van der Waals surface area contributed by atoms with E-state index in [2.05, 4.69) is 12.2 Å². The normalized spacial score (nSPS) is 17.3. The molecule has 4 heteroatoms. The van der Waals surface area contributed by atoms with Crippen LogP contribution in [-0.4, -0.2) is 25.7 Å². The zero-order valence-electron chi connectivity index (χ0n) is 10.2. The summed E-state index contributed by atoms with van der Waals surface area (Å²) in [6.07, 6.45) is 0. The molecule has 1 amide bonds. The molecule has 1 aliphatic heterocycles. The van der Waals surface area contributed by atoms with Crippen LogP contribution in [0.3, 0.4) is 0 Å². The molecule has 0 spiro atoms. The van der Waals surface area contributed by atoms with E-state index < -0.39 is 0 Å². The maximum atomic E-state index is 11.2. The van der Waals surface area contributed by atoms with Crippen LogP contribution >= 0.6 is 0 Å². The molecule has 0 bridgehead atoms. The highest BCUT2D eigenvalue weighted by molar-refractivity contribution is 5.95. The number of aryl methyl sites for hydroxylation is 1. The molecule has 1 heterocycles. The van der Waals surface area contributed by atoms with E-state index in [-0.39, 0.29) is 11.3 Å². The van der Waals surface area contributed by atoms with Crippen molar-refractivity contribution in [1.29, 1.82) is 0 Å². The number of primary amides is 1. The molecule has 0 unspecified atom stereocenters. The topological polar surface area (TPSA) is 64.3 Å². The van der Waals surface area contributed by atoms with Gasteiger partial charge >= 0.3 is 0 Å². The van der Waals surface area contributed by atoms with Gasteiger partial charge in [0.15, 0.2) is 0 Å². The van der Waals surface area contributed by atoms with E-state index in [4.69, 9.17) is 10.5 Å². The molecule has 17 heavy (non-hydrogen) atoms. The summed E-state index contributed by atoms with van der Waals surface area (Å²) in [5, 5.41) is 3.32. The van der Waals surface area contributed by atoms with Gasteiger partial charge in [0.1, 0.15) is 0 Å². The van der Waals surface area contributed by atoms with Crippen molar-refractivity contribution in [3.63, 3.8) is 0 Å². The minimum Gasteiger partial charge on any atom is -0.384 e. The first-order valence-corrected chi connectivity index (χ1v) is 5.72. The Bertz CT molecular complexity index is 439. The molecule has 0 radical (unpaired) electrons. The fourth-order valence-corrected chi connectivity index (χ4v) is 1.87. The van der Waals surface area contributed by atoms with E-state index >= 15 is 0 Å². The number of rotatable bonds is 4. The van der Waals surface area contributed by atoms with Crippen LogP contribution in [0.5, 0.6) is 0 Å². The number of benzene rings is 1. The van der Waals surface area contributed by atoms with Crippen LogP contribution < -0.4 is 11.1 Å². The van der Waals surface area contributed by atoms with Crippen molar-refractivity contribution >= 4 is 11.6 Å². The van der Waals surface area contributed by atoms with Crippen LogP contribution in [0.4, 0.5) is 5.69 Å². The van der Waals surface area contributed by atoms with Gasteiger partial charge in [-0.1, -0.05) is 13.0 Å². The molecule has 1 fully saturated rings. The monoisotopic (exact) mass is 234 g/mol. The van der Waals surface area contributed by atoms with Crippen molar-refractivity contribution in [2.75, 3.05) is 25.1 Å². The number of carbonyl (C=O) groups excluding carboxylic acids is 1. The second kappa shape index (κ2) is 4.37. The van der Waals surface area contributed by atoms with E-state index in [1.807, 2.05) is 19.1 Å². The van der Waals surface area contributed by atoms with Gasteiger partial charge in [-0.2, -0.15) is 0 Å². The number of carbonyl (C=O) groups is 1. The van der Waals surface area contributed by atoms with Crippen molar-refractivity contribution in [2.24, 2.45) is 11.1 Å². The molecule has 0 aromatic heterocycles. The Morgan fingerprint density at radius 3 is 2.76 bits per heavy atom. The molecule has 1 aliphatic rings. The standard InChI is InChI=1S/C13H18N2O2/c1-9-3-4-10(5-11(9)12(14)16)15-6-13(2)7-17-8-13/h3-5,15H,6-8H2,1-2H3,(H2,14,16). The Balaban J connectivity index is 2.06. The highest BCUT2D eigenvalue weighted by atomic mass is 16.5. The summed E-state index contributed by atoms with van der Waals surface area (Å²) in [4.78, 5) is 11.2. The summed E-state index contributed by atoms with van der Waals surface area (Å²) in [6, 6.07) is 5.67. The van der Waals surface area contributed by atoms with Crippen molar-refractivity contribution < 1.29 is 9.53 Å². The van der Waals surface area contributed by atoms with Gasteiger partial charge in [-0.05, 0) is 24.6 Å². The molecule has 0 aliphatic carbocycles. The number of hydrogen-bond acceptors (Lipinski definition) is 3. The zero-order valence-corrected chi connectivity index (χ0v) is 10.2. The second-order valence-electron chi connectivity index (χ2n) is 5.05. The zero-order chi connectivity index (χ0) is 12.5. The predicted octanol–water partition coefficient (Wildman–Crippen LogP) is 1.54. The summed E-state index contributed by atoms with van der Waals surface area (Å²) in [5.41, 5.74) is 7.93. The third-order valence-corrected chi connectivity index (χ3v) is 3.12. The van der Waals surface area contributed by atoms with Crippen molar-refractivity contribution in [3.05, 3.63) is 29.3 Å². The van der Waals surface area contributed by atoms with Crippen LogP contribution in [0.2, 0.25) is 0 Å². The van der Waals surface area contributed by atoms with E-state index in [1.165, 1.54) is 0 Å². The van der Waals surface area contributed by atoms with Gasteiger partial charge in [0.25, 0.3) is 0 Å². The molecule has 4 nitrogen and oxygen atoms in total. The summed E-state index contributed by atoms with van der Waals surface area (Å²) in [6.45, 7) is 6.47. The third kappa shape index (κ3) is 2.58. The summed E-state index contributed by atoms with van der Waals surface area (Å²) in [7, 11) is 0. The Hall–Kier alpha value is -1.55. The largest absolute Gasteiger partial charge is 0.384 e. The van der Waals surface area contributed by atoms with E-state index in [1.54, 1.807) is 6.07 Å². The minimum absolute atomic E-state index is 0.206. The van der Waals surface area contributed by atoms with Gasteiger partial charge in [0.2, 0.25) is 5.91 Å². The van der Waals surface area contributed by atoms with Crippen molar-refractivity contribution in [1.82, 2.24) is 0 Å². The lowest BCUT2D eigenvalue weighted by Gasteiger charge is -2.38. The lowest BCUT2D eigenvalue weighted by Crippen LogP contribution is -2.45. The van der Waals surface area contributed by atoms with Crippen LogP contribution in [0.25, 0.3) is 0 Å². The van der Waals surface area contributed by atoms with E-state index in [9.17, 15) is 4.79 Å². The number of nitrogens with one attached hydrogen (secondary N) is 1. The van der Waals surface area contributed by atoms with Gasteiger partial charge in [-0.15, -0.1) is 0 Å². The van der Waals surface area contributed by atoms with Crippen LogP contribution in [0.15, 0.2) is 18.2 Å². The first-order chi connectivity index (χ1) is 8.00. The smallest absolute Gasteiger partial charge is 0.249 e. The quantitative estimate of drug-likeness (QED) is 0.830. The lowest BCUT2D eigenvalue weighted by atomic mass is 9.88. The van der Waals surface area contributed by atoms with Crippen molar-refractivity contribution in [3.8, 4) is 0 Å². The molecule has 3 N–H and O–H groups in total. The average Bonchev–Trinajstić information content (AvgIpc) is 2.25. The maximum absolute atomic E-state index is 11.2. The van der Waals surface area contributed by atoms with Gasteiger partial charge in [0, 0.05) is 23.2 Å². The Kier molecular flexibility index (Phi) is 3.07. The fraction of sp³-hybridized carbons (Fsp3) is 0.462. The average molecular weight is 234 g/mol. The van der Waals surface area contributed by atoms with Gasteiger partial charge in [-0.25, -0.2) is 0 Å². The minimum atomic E-state index is -0.385. The predicted molar refractivity (Wildman–Crippen MR) is 67.1 cm³/mol. The fourth-order valence-electron chi connectivity index (χ4n) is 1.87. The SMILES string of the molecule is Cc1ccc(NCC2(C)COC2)cc1C(N)=O. The number of hydrogen-bond donors (Lipinski definition) is 2. The molecule has 2 rings (SSSR count). The van der Waals surface area contributed by atoms with Gasteiger partial charge in [0.05, 0.1) is 13.2 Å². The summed E-state index contributed by atoms with van der Waals surface area (Å²) in [5.74, 6) is -0.385. The molecular weight excluding hydrogens is 216 g/mol. The summed E-state index contributed by atoms with van der Waals surface area (Å²) < 4.78 is 5.19. The molecule has 1 aromatic carbocycles. The molecule has 1 aromatic rings. The third-order valence-electron chi connectivity index (χ3n) is 3.12. The van der Waals surface area contributed by atoms with Crippen LogP contribution in [0.1, 0.15) is 22.8 Å². The van der Waals surface area contributed by atoms with E-state index in [0.717, 1.165) is 31.0 Å². The van der Waals surface area contributed by atoms with Gasteiger partial charge in [-0.3, -0.25) is 4.79 Å². The lowest BCUT2D eigenvalue weighted by molar-refractivity contribution is -0.0924. The van der Waals surface area contributed by atoms with Crippen molar-refractivity contribution in [2.45, 2.75) is 13.8 Å². The molecular formula is C13H18N2O2. The van der Waals surface area contributed by atoms with Gasteiger partial charge < -0.3 is 15.8 Å². The number of anilines is 1. The molecule has 0 saturated carbocycles. The maximum Gasteiger partial charge on any atom is 0.249 e. The Labute approximate surface area is 101 Å². The summed E-state index contributed by atoms with van der Waals surface area (Å²) >= 11 is 0. The molecule has 92 valence electrons. The van der Waals surface area contributed by atoms with Crippen LogP contribution in [-0.2, 0) is 4.74 Å².